The Balaban J connectivity index is 2.07. The van der Waals surface area contributed by atoms with Crippen molar-refractivity contribution >= 4 is 68.1 Å². The fourth-order valence-corrected chi connectivity index (χ4v) is 5.56. The van der Waals surface area contributed by atoms with Crippen molar-refractivity contribution in [3.05, 3.63) is 59.7 Å². The zero-order valence-corrected chi connectivity index (χ0v) is 15.7. The summed E-state index contributed by atoms with van der Waals surface area (Å²) in [6.07, 6.45) is 3.46. The Bertz CT molecular complexity index is 919. The van der Waals surface area contributed by atoms with E-state index in [4.69, 9.17) is 34.8 Å². The van der Waals surface area contributed by atoms with E-state index in [0.29, 0.717) is 6.42 Å². The standard InChI is InChI=1S/C19H15Cl3S/c1-23-19(22)17-9-8-14-13-5-3-2-4-12(13)6-7-15(14)16(17)10-11-18(19,20)21/h2-9H,10-11H2,1H3. The molecule has 0 amide bonds. The molecule has 0 spiro atoms. The summed E-state index contributed by atoms with van der Waals surface area (Å²) in [6.45, 7) is 0. The second-order valence-electron chi connectivity index (χ2n) is 5.98. The van der Waals surface area contributed by atoms with Crippen molar-refractivity contribution in [1.82, 2.24) is 0 Å². The van der Waals surface area contributed by atoms with Gasteiger partial charge in [0.25, 0.3) is 0 Å². The molecule has 3 aromatic rings. The lowest BCUT2D eigenvalue weighted by Gasteiger charge is -2.42. The van der Waals surface area contributed by atoms with Crippen molar-refractivity contribution in [2.45, 2.75) is 21.4 Å². The Morgan fingerprint density at radius 1 is 0.870 bits per heavy atom. The Morgan fingerprint density at radius 2 is 1.61 bits per heavy atom. The maximum absolute atomic E-state index is 6.90. The smallest absolute Gasteiger partial charge is 0.135 e. The van der Waals surface area contributed by atoms with Crippen molar-refractivity contribution in [3.8, 4) is 0 Å². The lowest BCUT2D eigenvalue weighted by atomic mass is 9.85. The Labute approximate surface area is 155 Å². The highest BCUT2D eigenvalue weighted by atomic mass is 35.5. The molecule has 4 heteroatoms. The van der Waals surface area contributed by atoms with Gasteiger partial charge in [0.05, 0.1) is 0 Å². The van der Waals surface area contributed by atoms with Crippen LogP contribution in [0.25, 0.3) is 21.5 Å². The molecule has 1 aliphatic carbocycles. The quantitative estimate of drug-likeness (QED) is 0.327. The zero-order chi connectivity index (χ0) is 16.2. The summed E-state index contributed by atoms with van der Waals surface area (Å²) in [7, 11) is 0. The average Bonchev–Trinajstić information content (AvgIpc) is 2.57. The first kappa shape index (κ1) is 15.9. The summed E-state index contributed by atoms with van der Waals surface area (Å²) in [5.41, 5.74) is 2.32. The number of hydrogen-bond donors (Lipinski definition) is 0. The summed E-state index contributed by atoms with van der Waals surface area (Å²) in [6, 6.07) is 17.1. The maximum atomic E-state index is 6.90. The lowest BCUT2D eigenvalue weighted by Crippen LogP contribution is -2.40. The third-order valence-electron chi connectivity index (χ3n) is 4.82. The van der Waals surface area contributed by atoms with Gasteiger partial charge in [-0.3, -0.25) is 0 Å². The highest BCUT2D eigenvalue weighted by Crippen LogP contribution is 2.59. The van der Waals surface area contributed by atoms with E-state index in [0.717, 1.165) is 12.0 Å². The van der Waals surface area contributed by atoms with Gasteiger partial charge in [-0.05, 0) is 51.8 Å². The molecular formula is C19H15Cl3S. The molecular weight excluding hydrogens is 367 g/mol. The van der Waals surface area contributed by atoms with Crippen LogP contribution < -0.4 is 0 Å². The Hall–Kier alpha value is -0.600. The molecule has 0 aliphatic heterocycles. The highest BCUT2D eigenvalue weighted by Gasteiger charge is 2.52. The van der Waals surface area contributed by atoms with E-state index in [9.17, 15) is 0 Å². The number of rotatable bonds is 1. The minimum absolute atomic E-state index is 0.652. The molecule has 0 N–H and O–H groups in total. The molecule has 0 heterocycles. The van der Waals surface area contributed by atoms with E-state index in [1.807, 2.05) is 6.26 Å². The third kappa shape index (κ3) is 2.21. The van der Waals surface area contributed by atoms with Crippen LogP contribution in [0.15, 0.2) is 48.5 Å². The summed E-state index contributed by atoms with van der Waals surface area (Å²) in [4.78, 5) is 0. The van der Waals surface area contributed by atoms with Crippen LogP contribution in [0.2, 0.25) is 0 Å². The Kier molecular flexibility index (Phi) is 3.77. The summed E-state index contributed by atoms with van der Waals surface area (Å²) in [5.74, 6) is 0. The van der Waals surface area contributed by atoms with E-state index in [-0.39, 0.29) is 0 Å². The number of benzene rings is 3. The van der Waals surface area contributed by atoms with Crippen LogP contribution in [0.5, 0.6) is 0 Å². The topological polar surface area (TPSA) is 0 Å². The molecule has 118 valence electrons. The molecule has 3 aromatic carbocycles. The van der Waals surface area contributed by atoms with E-state index in [2.05, 4.69) is 48.5 Å². The molecule has 1 aliphatic rings. The number of thioether (sulfide) groups is 1. The first-order valence-electron chi connectivity index (χ1n) is 7.54. The highest BCUT2D eigenvalue weighted by molar-refractivity contribution is 8.01. The first-order chi connectivity index (χ1) is 11.0. The minimum Gasteiger partial charge on any atom is -0.135 e. The molecule has 0 radical (unpaired) electrons. The summed E-state index contributed by atoms with van der Waals surface area (Å²) in [5, 5.41) is 5.04. The molecule has 0 saturated heterocycles. The van der Waals surface area contributed by atoms with Gasteiger partial charge in [0.1, 0.15) is 4.21 Å². The molecule has 0 nitrogen and oxygen atoms in total. The van der Waals surface area contributed by atoms with Crippen LogP contribution >= 0.6 is 46.6 Å². The van der Waals surface area contributed by atoms with Crippen molar-refractivity contribution in [3.63, 3.8) is 0 Å². The normalized spacial score (nSPS) is 23.1. The van der Waals surface area contributed by atoms with E-state index in [1.165, 1.54) is 38.9 Å². The van der Waals surface area contributed by atoms with E-state index in [1.54, 1.807) is 0 Å². The van der Waals surface area contributed by atoms with Crippen molar-refractivity contribution in [2.75, 3.05) is 6.26 Å². The fourth-order valence-electron chi connectivity index (χ4n) is 3.62. The number of alkyl halides is 3. The van der Waals surface area contributed by atoms with Gasteiger partial charge in [0, 0.05) is 0 Å². The van der Waals surface area contributed by atoms with E-state index < -0.39 is 8.54 Å². The second-order valence-corrected chi connectivity index (χ2v) is 9.27. The number of fused-ring (bicyclic) bond motifs is 5. The molecule has 0 saturated carbocycles. The van der Waals surface area contributed by atoms with Crippen LogP contribution in [-0.4, -0.2) is 10.6 Å². The van der Waals surface area contributed by atoms with Crippen LogP contribution in [-0.2, 0) is 10.6 Å². The van der Waals surface area contributed by atoms with Crippen LogP contribution in [0.1, 0.15) is 17.5 Å². The molecule has 0 aromatic heterocycles. The SMILES string of the molecule is CSC1(Cl)c2ccc3c(ccc4ccccc43)c2CCC1(Cl)Cl. The number of aryl methyl sites for hydroxylation is 1. The van der Waals surface area contributed by atoms with Gasteiger partial charge < -0.3 is 0 Å². The molecule has 0 bridgehead atoms. The summed E-state index contributed by atoms with van der Waals surface area (Å²) < 4.78 is -1.78. The first-order valence-corrected chi connectivity index (χ1v) is 9.89. The predicted molar refractivity (Wildman–Crippen MR) is 105 cm³/mol. The van der Waals surface area contributed by atoms with Crippen LogP contribution in [0.3, 0.4) is 0 Å². The molecule has 1 atom stereocenters. The minimum atomic E-state index is -0.967. The zero-order valence-electron chi connectivity index (χ0n) is 12.6. The molecule has 0 fully saturated rings. The van der Waals surface area contributed by atoms with Crippen LogP contribution in [0.4, 0.5) is 0 Å². The second kappa shape index (κ2) is 5.46. The van der Waals surface area contributed by atoms with E-state index >= 15 is 0 Å². The van der Waals surface area contributed by atoms with Gasteiger partial charge in [-0.1, -0.05) is 83.3 Å². The predicted octanol–water partition coefficient (Wildman–Crippen LogP) is 6.87. The fraction of sp³-hybridized carbons (Fsp3) is 0.263. The monoisotopic (exact) mass is 380 g/mol. The van der Waals surface area contributed by atoms with Crippen molar-refractivity contribution < 1.29 is 0 Å². The van der Waals surface area contributed by atoms with Gasteiger partial charge in [-0.15, -0.1) is 11.8 Å². The molecule has 4 rings (SSSR count). The number of halogens is 3. The Morgan fingerprint density at radius 3 is 2.39 bits per heavy atom. The molecule has 23 heavy (non-hydrogen) atoms. The van der Waals surface area contributed by atoms with Gasteiger partial charge in [-0.25, -0.2) is 0 Å². The van der Waals surface area contributed by atoms with Crippen molar-refractivity contribution in [1.29, 1.82) is 0 Å². The summed E-state index contributed by atoms with van der Waals surface area (Å²) >= 11 is 21.5. The number of hydrogen-bond acceptors (Lipinski definition) is 1. The average molecular weight is 382 g/mol. The largest absolute Gasteiger partial charge is 0.150 e. The van der Waals surface area contributed by atoms with Gasteiger partial charge >= 0.3 is 0 Å². The van der Waals surface area contributed by atoms with Crippen molar-refractivity contribution in [2.24, 2.45) is 0 Å². The lowest BCUT2D eigenvalue weighted by molar-refractivity contribution is 0.595. The van der Waals surface area contributed by atoms with Crippen LogP contribution in [0, 0.1) is 0 Å². The third-order valence-corrected chi connectivity index (χ3v) is 8.31. The van der Waals surface area contributed by atoms with Gasteiger partial charge in [0.2, 0.25) is 0 Å². The maximum Gasteiger partial charge on any atom is 0.150 e. The van der Waals surface area contributed by atoms with Gasteiger partial charge in [-0.2, -0.15) is 0 Å². The van der Waals surface area contributed by atoms with Gasteiger partial charge in [0.15, 0.2) is 4.33 Å². The molecule has 1 unspecified atom stereocenters.